The van der Waals surface area contributed by atoms with E-state index < -0.39 is 27.6 Å². The van der Waals surface area contributed by atoms with Gasteiger partial charge in [0.25, 0.3) is 0 Å². The van der Waals surface area contributed by atoms with E-state index in [2.05, 4.69) is 0 Å². The molecular formula is C9H9ClFNO4. The zero-order valence-corrected chi connectivity index (χ0v) is 9.07. The van der Waals surface area contributed by atoms with Crippen LogP contribution in [0.2, 0.25) is 5.02 Å². The normalized spacial score (nSPS) is 12.2. The molecule has 0 aromatic heterocycles. The highest BCUT2D eigenvalue weighted by Crippen LogP contribution is 2.36. The predicted molar refractivity (Wildman–Crippen MR) is 55.2 cm³/mol. The minimum absolute atomic E-state index is 0.204. The van der Waals surface area contributed by atoms with Crippen molar-refractivity contribution in [3.05, 3.63) is 33.1 Å². The first kappa shape index (κ1) is 12.7. The summed E-state index contributed by atoms with van der Waals surface area (Å²) in [5, 5.41) is 19.1. The molecule has 0 aliphatic carbocycles. The Morgan fingerprint density at radius 2 is 2.31 bits per heavy atom. The molecule has 1 rings (SSSR count). The fraction of sp³-hybridized carbons (Fsp3) is 0.333. The number of benzene rings is 1. The third kappa shape index (κ3) is 2.80. The van der Waals surface area contributed by atoms with E-state index in [4.69, 9.17) is 21.4 Å². The molecule has 0 radical (unpaired) electrons. The fourth-order valence-electron chi connectivity index (χ4n) is 1.01. The van der Waals surface area contributed by atoms with E-state index in [-0.39, 0.29) is 12.4 Å². The summed E-state index contributed by atoms with van der Waals surface area (Å²) in [4.78, 5) is 9.88. The van der Waals surface area contributed by atoms with E-state index >= 15 is 0 Å². The van der Waals surface area contributed by atoms with Gasteiger partial charge in [-0.05, 0) is 13.0 Å². The molecule has 88 valence electrons. The van der Waals surface area contributed by atoms with Crippen LogP contribution in [0.1, 0.15) is 6.92 Å². The summed E-state index contributed by atoms with van der Waals surface area (Å²) in [6.07, 6.45) is -0.834. The summed E-state index contributed by atoms with van der Waals surface area (Å²) < 4.78 is 18.0. The molecule has 1 N–H and O–H groups in total. The minimum Gasteiger partial charge on any atom is -0.483 e. The van der Waals surface area contributed by atoms with Gasteiger partial charge in [-0.3, -0.25) is 10.1 Å². The molecule has 0 saturated heterocycles. The maximum atomic E-state index is 13.1. The molecule has 0 aliphatic heterocycles. The van der Waals surface area contributed by atoms with Crippen LogP contribution in [0, 0.1) is 15.9 Å². The van der Waals surface area contributed by atoms with Gasteiger partial charge in [-0.2, -0.15) is 0 Å². The largest absolute Gasteiger partial charge is 0.483 e. The van der Waals surface area contributed by atoms with Crippen LogP contribution in [-0.4, -0.2) is 22.7 Å². The molecule has 1 aromatic rings. The number of rotatable bonds is 4. The van der Waals surface area contributed by atoms with Crippen LogP contribution in [0.25, 0.3) is 0 Å². The number of hydrogen-bond donors (Lipinski definition) is 1. The Balaban J connectivity index is 3.11. The molecule has 0 aliphatic rings. The van der Waals surface area contributed by atoms with Crippen LogP contribution in [-0.2, 0) is 0 Å². The van der Waals surface area contributed by atoms with Crippen LogP contribution >= 0.6 is 11.6 Å². The molecule has 0 saturated carbocycles. The molecule has 0 amide bonds. The summed E-state index contributed by atoms with van der Waals surface area (Å²) in [7, 11) is 0. The van der Waals surface area contributed by atoms with Crippen LogP contribution in [0.15, 0.2) is 12.1 Å². The van der Waals surface area contributed by atoms with E-state index in [1.54, 1.807) is 0 Å². The van der Waals surface area contributed by atoms with Gasteiger partial charge < -0.3 is 9.84 Å². The standard InChI is InChI=1S/C9H9ClFNO4/c1-5(13)4-16-9-7(12(14)15)3-2-6(11)8(9)10/h2-3,5,13H,4H2,1H3/t5-/m0/s1. The van der Waals surface area contributed by atoms with Gasteiger partial charge in [0, 0.05) is 6.07 Å². The molecule has 7 heteroatoms. The van der Waals surface area contributed by atoms with Gasteiger partial charge in [0.15, 0.2) is 0 Å². The fourth-order valence-corrected chi connectivity index (χ4v) is 1.22. The van der Waals surface area contributed by atoms with Crippen LogP contribution < -0.4 is 4.74 Å². The molecule has 1 aromatic carbocycles. The summed E-state index contributed by atoms with van der Waals surface area (Å²) >= 11 is 5.54. The van der Waals surface area contributed by atoms with Crippen molar-refractivity contribution in [1.29, 1.82) is 0 Å². The van der Waals surface area contributed by atoms with Crippen LogP contribution in [0.3, 0.4) is 0 Å². The molecule has 1 atom stereocenters. The Labute approximate surface area is 95.6 Å². The maximum Gasteiger partial charge on any atom is 0.312 e. The quantitative estimate of drug-likeness (QED) is 0.655. The first-order valence-corrected chi connectivity index (χ1v) is 4.74. The zero-order chi connectivity index (χ0) is 12.3. The Bertz CT molecular complexity index is 411. The molecule has 16 heavy (non-hydrogen) atoms. The predicted octanol–water partition coefficient (Wildman–Crippen LogP) is 2.15. The number of nitro benzene ring substituents is 1. The summed E-state index contributed by atoms with van der Waals surface area (Å²) in [6.45, 7) is 1.23. The van der Waals surface area contributed by atoms with E-state index in [0.717, 1.165) is 12.1 Å². The molecule has 5 nitrogen and oxygen atoms in total. The van der Waals surface area contributed by atoms with E-state index in [1.165, 1.54) is 6.92 Å². The van der Waals surface area contributed by atoms with Gasteiger partial charge in [-0.25, -0.2) is 4.39 Å². The SMILES string of the molecule is C[C@H](O)COc1c([N+](=O)[O-])ccc(F)c1Cl. The van der Waals surface area contributed by atoms with Crippen molar-refractivity contribution in [2.75, 3.05) is 6.61 Å². The Hall–Kier alpha value is -1.40. The number of aliphatic hydroxyl groups is 1. The molecule has 0 heterocycles. The molecule has 0 bridgehead atoms. The third-order valence-electron chi connectivity index (χ3n) is 1.69. The van der Waals surface area contributed by atoms with Gasteiger partial charge in [-0.1, -0.05) is 11.6 Å². The van der Waals surface area contributed by atoms with Crippen molar-refractivity contribution in [2.45, 2.75) is 13.0 Å². The third-order valence-corrected chi connectivity index (χ3v) is 2.05. The van der Waals surface area contributed by atoms with Crippen molar-refractivity contribution in [3.63, 3.8) is 0 Å². The number of hydrogen-bond acceptors (Lipinski definition) is 4. The van der Waals surface area contributed by atoms with Crippen LogP contribution in [0.4, 0.5) is 10.1 Å². The highest BCUT2D eigenvalue weighted by atomic mass is 35.5. The second-order valence-corrected chi connectivity index (χ2v) is 3.50. The number of nitro groups is 1. The molecule has 0 unspecified atom stereocenters. The zero-order valence-electron chi connectivity index (χ0n) is 8.31. The number of nitrogens with zero attached hydrogens (tertiary/aromatic N) is 1. The highest BCUT2D eigenvalue weighted by molar-refractivity contribution is 6.32. The maximum absolute atomic E-state index is 13.1. The lowest BCUT2D eigenvalue weighted by Crippen LogP contribution is -2.14. The number of halogens is 2. The average Bonchev–Trinajstić information content (AvgIpc) is 2.19. The van der Waals surface area contributed by atoms with Gasteiger partial charge in [0.2, 0.25) is 5.75 Å². The van der Waals surface area contributed by atoms with Crippen molar-refractivity contribution in [3.8, 4) is 5.75 Å². The van der Waals surface area contributed by atoms with Crippen molar-refractivity contribution in [2.24, 2.45) is 0 Å². The van der Waals surface area contributed by atoms with Gasteiger partial charge >= 0.3 is 5.69 Å². The monoisotopic (exact) mass is 249 g/mol. The van der Waals surface area contributed by atoms with Crippen molar-refractivity contribution < 1.29 is 19.2 Å². The summed E-state index contributed by atoms with van der Waals surface area (Å²) in [5.41, 5.74) is -0.438. The minimum atomic E-state index is -0.834. The number of ether oxygens (including phenoxy) is 1. The van der Waals surface area contributed by atoms with Gasteiger partial charge in [0.05, 0.1) is 11.0 Å². The lowest BCUT2D eigenvalue weighted by molar-refractivity contribution is -0.386. The summed E-state index contributed by atoms with van der Waals surface area (Å²) in [5.74, 6) is -1.18. The second-order valence-electron chi connectivity index (χ2n) is 3.13. The number of aliphatic hydroxyl groups excluding tert-OH is 1. The molecule has 0 fully saturated rings. The van der Waals surface area contributed by atoms with E-state index in [0.29, 0.717) is 0 Å². The Kier molecular flexibility index (Phi) is 4.03. The second kappa shape index (κ2) is 5.09. The highest BCUT2D eigenvalue weighted by Gasteiger charge is 2.22. The molecular weight excluding hydrogens is 241 g/mol. The van der Waals surface area contributed by atoms with E-state index in [1.807, 2.05) is 0 Å². The first-order valence-electron chi connectivity index (χ1n) is 4.36. The lowest BCUT2D eigenvalue weighted by atomic mass is 10.3. The molecule has 0 spiro atoms. The van der Waals surface area contributed by atoms with Crippen molar-refractivity contribution >= 4 is 17.3 Å². The van der Waals surface area contributed by atoms with Gasteiger partial charge in [0.1, 0.15) is 17.4 Å². The summed E-state index contributed by atoms with van der Waals surface area (Å²) in [6, 6.07) is 1.84. The smallest absolute Gasteiger partial charge is 0.312 e. The van der Waals surface area contributed by atoms with Gasteiger partial charge in [-0.15, -0.1) is 0 Å². The van der Waals surface area contributed by atoms with Crippen LogP contribution in [0.5, 0.6) is 5.75 Å². The lowest BCUT2D eigenvalue weighted by Gasteiger charge is -2.10. The Morgan fingerprint density at radius 3 is 2.81 bits per heavy atom. The first-order chi connectivity index (χ1) is 7.43. The van der Waals surface area contributed by atoms with Crippen molar-refractivity contribution in [1.82, 2.24) is 0 Å². The average molecular weight is 250 g/mol. The topological polar surface area (TPSA) is 72.6 Å². The Morgan fingerprint density at radius 1 is 1.69 bits per heavy atom. The van der Waals surface area contributed by atoms with E-state index in [9.17, 15) is 14.5 Å².